The molecule has 0 atom stereocenters. The fourth-order valence-electron chi connectivity index (χ4n) is 5.22. The summed E-state index contributed by atoms with van der Waals surface area (Å²) in [7, 11) is 0. The molecule has 0 amide bonds. The van der Waals surface area contributed by atoms with Gasteiger partial charge >= 0.3 is 24.7 Å². The first-order chi connectivity index (χ1) is 25.0. The van der Waals surface area contributed by atoms with Gasteiger partial charge in [0.15, 0.2) is 0 Å². The highest BCUT2D eigenvalue weighted by Crippen LogP contribution is 2.45. The van der Waals surface area contributed by atoms with Crippen LogP contribution in [-0.4, -0.2) is 0 Å². The molecule has 264 valence electrons. The Morgan fingerprint density at radius 1 is 0.389 bits per heavy atom. The third kappa shape index (κ3) is 6.71. The van der Waals surface area contributed by atoms with Crippen LogP contribution in [0, 0.1) is 102 Å². The molecule has 3 rings (SSSR count). The highest BCUT2D eigenvalue weighted by Gasteiger charge is 2.46. The minimum absolute atomic E-state index is 0.148. The van der Waals surface area contributed by atoms with Crippen LogP contribution in [0.1, 0.15) is 72.3 Å². The number of halogens is 12. The number of nitrogens with zero attached hydrogens (tertiary/aromatic N) is 9. The van der Waals surface area contributed by atoms with Crippen molar-refractivity contribution in [2.75, 3.05) is 0 Å². The first-order valence-electron chi connectivity index (χ1n) is 13.3. The lowest BCUT2D eigenvalue weighted by molar-refractivity contribution is -0.141. The second kappa shape index (κ2) is 13.9. The number of rotatable bonds is 2. The van der Waals surface area contributed by atoms with Crippen molar-refractivity contribution < 1.29 is 52.7 Å². The minimum Gasteiger partial charge on any atom is -0.192 e. The van der Waals surface area contributed by atoms with Crippen LogP contribution in [-0.2, 0) is 24.7 Å². The predicted molar refractivity (Wildman–Crippen MR) is 148 cm³/mol. The molecule has 3 aromatic rings. The minimum atomic E-state index is -5.88. The second-order valence-electron chi connectivity index (χ2n) is 10.0. The smallest absolute Gasteiger partial charge is 0.192 e. The molecule has 0 N–H and O–H groups in total. The van der Waals surface area contributed by atoms with E-state index in [1.54, 1.807) is 0 Å². The van der Waals surface area contributed by atoms with Crippen LogP contribution in [0.3, 0.4) is 0 Å². The van der Waals surface area contributed by atoms with Gasteiger partial charge in [-0.25, -0.2) is 0 Å². The lowest BCUT2D eigenvalue weighted by Crippen LogP contribution is -2.28. The Kier molecular flexibility index (Phi) is 10.4. The van der Waals surface area contributed by atoms with Crippen molar-refractivity contribution in [2.45, 2.75) is 24.7 Å². The molecule has 9 nitrogen and oxygen atoms in total. The Labute approximate surface area is 291 Å². The maximum absolute atomic E-state index is 14.4. The van der Waals surface area contributed by atoms with Crippen molar-refractivity contribution in [2.24, 2.45) is 0 Å². The van der Waals surface area contributed by atoms with E-state index >= 15 is 0 Å². The Morgan fingerprint density at radius 3 is 1.02 bits per heavy atom. The molecule has 0 radical (unpaired) electrons. The monoisotopic (exact) mass is 753 g/mol. The van der Waals surface area contributed by atoms with Crippen molar-refractivity contribution in [3.8, 4) is 54.6 Å². The molecular formula is C33H3F12N9. The maximum Gasteiger partial charge on any atom is 0.418 e. The normalized spacial score (nSPS) is 12.5. The highest BCUT2D eigenvalue weighted by molar-refractivity contribution is 5.86. The maximum atomic E-state index is 14.4. The largest absolute Gasteiger partial charge is 0.418 e. The van der Waals surface area contributed by atoms with Gasteiger partial charge in [-0.2, -0.15) is 100 Å². The van der Waals surface area contributed by atoms with Gasteiger partial charge in [0.1, 0.15) is 48.6 Å². The SMILES string of the molecule is N#C/C(c1cc(C(F)(F)F)c(C#N)c(C#N)c1C(F)(F)F)=c1/c(C#N)c/c(=C(\C#N)c2cc(C(F)(F)F)c(C#N)c(C#N)c2C(F)(F)F)c(C#N)c1C#N. The van der Waals surface area contributed by atoms with Gasteiger partial charge in [-0.1, -0.05) is 0 Å². The van der Waals surface area contributed by atoms with Gasteiger partial charge in [-0.15, -0.1) is 0 Å². The first-order valence-corrected chi connectivity index (χ1v) is 13.3. The molecule has 0 aromatic heterocycles. The van der Waals surface area contributed by atoms with E-state index in [-0.39, 0.29) is 6.07 Å². The zero-order chi connectivity index (χ0) is 41.3. The van der Waals surface area contributed by atoms with Gasteiger partial charge in [0.2, 0.25) is 0 Å². The van der Waals surface area contributed by atoms with Gasteiger partial charge < -0.3 is 0 Å². The van der Waals surface area contributed by atoms with Crippen LogP contribution < -0.4 is 10.4 Å². The molecule has 0 bridgehead atoms. The van der Waals surface area contributed by atoms with Crippen molar-refractivity contribution in [3.05, 3.63) is 101 Å². The standard InChI is InChI=1S/C33H3F12N9/c34-30(35,36)25-2-15(28(32(40,41)42)23(11-53)19(25)7-49)17(5-47)14-1-13(4-46)27(22(10-52)18(14)6-48)21(9-51)16-3-26(31(37,38)39)20(8-50)24(12-54)29(16)33(43,44)45/h1-3H/b17-14-,27-21+. The van der Waals surface area contributed by atoms with Gasteiger partial charge in [0.05, 0.1) is 78.4 Å². The molecule has 3 aromatic carbocycles. The van der Waals surface area contributed by atoms with Gasteiger partial charge in [0.25, 0.3) is 0 Å². The van der Waals surface area contributed by atoms with E-state index in [0.717, 1.165) is 48.6 Å². The molecule has 0 heterocycles. The third-order valence-electron chi connectivity index (χ3n) is 7.23. The predicted octanol–water partition coefficient (Wildman–Crippen LogP) is 6.31. The zero-order valence-electron chi connectivity index (χ0n) is 25.3. The topological polar surface area (TPSA) is 214 Å². The molecule has 0 aliphatic rings. The average Bonchev–Trinajstić information content (AvgIpc) is 3.08. The van der Waals surface area contributed by atoms with E-state index in [4.69, 9.17) is 0 Å². The van der Waals surface area contributed by atoms with Crippen LogP contribution >= 0.6 is 0 Å². The van der Waals surface area contributed by atoms with Crippen molar-refractivity contribution in [1.82, 2.24) is 0 Å². The molecule has 54 heavy (non-hydrogen) atoms. The lowest BCUT2D eigenvalue weighted by atomic mass is 9.84. The van der Waals surface area contributed by atoms with Crippen LogP contribution in [0.15, 0.2) is 18.2 Å². The third-order valence-corrected chi connectivity index (χ3v) is 7.23. The molecule has 0 saturated heterocycles. The summed E-state index contributed by atoms with van der Waals surface area (Å²) in [5.41, 5.74) is -28.2. The number of hydrogen-bond acceptors (Lipinski definition) is 9. The molecule has 0 aliphatic heterocycles. The Balaban J connectivity index is 2.97. The summed E-state index contributed by atoms with van der Waals surface area (Å²) in [5.74, 6) is 0. The summed E-state index contributed by atoms with van der Waals surface area (Å²) >= 11 is 0. The van der Waals surface area contributed by atoms with E-state index < -0.39 is 131 Å². The van der Waals surface area contributed by atoms with Gasteiger partial charge in [-0.05, 0) is 18.2 Å². The highest BCUT2D eigenvalue weighted by atomic mass is 19.4. The zero-order valence-corrected chi connectivity index (χ0v) is 25.3. The summed E-state index contributed by atoms with van der Waals surface area (Å²) in [4.78, 5) is 0. The number of nitriles is 9. The summed E-state index contributed by atoms with van der Waals surface area (Å²) in [6.07, 6.45) is -23.1. The number of alkyl halides is 12. The van der Waals surface area contributed by atoms with Crippen molar-refractivity contribution in [1.29, 1.82) is 47.4 Å². The van der Waals surface area contributed by atoms with E-state index in [1.165, 1.54) is 6.07 Å². The molecular weight excluding hydrogens is 750 g/mol. The van der Waals surface area contributed by atoms with Crippen LogP contribution in [0.25, 0.3) is 11.1 Å². The molecule has 0 aliphatic carbocycles. The van der Waals surface area contributed by atoms with Crippen LogP contribution in [0.4, 0.5) is 52.7 Å². The quantitative estimate of drug-likeness (QED) is 0.268. The molecule has 0 spiro atoms. The van der Waals surface area contributed by atoms with E-state index in [9.17, 15) is 100 Å². The molecule has 21 heteroatoms. The second-order valence-corrected chi connectivity index (χ2v) is 10.0. The van der Waals surface area contributed by atoms with Gasteiger partial charge in [0, 0.05) is 21.6 Å². The van der Waals surface area contributed by atoms with E-state index in [2.05, 4.69) is 0 Å². The van der Waals surface area contributed by atoms with E-state index in [1.807, 2.05) is 0 Å². The Hall–Kier alpha value is -8.03. The van der Waals surface area contributed by atoms with Crippen molar-refractivity contribution in [3.63, 3.8) is 0 Å². The van der Waals surface area contributed by atoms with Crippen molar-refractivity contribution >= 4 is 11.1 Å². The fraction of sp³-hybridized carbons (Fsp3) is 0.121. The summed E-state index contributed by atoms with van der Waals surface area (Å²) < 4.78 is 170. The Morgan fingerprint density at radius 2 is 0.741 bits per heavy atom. The lowest BCUT2D eigenvalue weighted by Gasteiger charge is -2.20. The van der Waals surface area contributed by atoms with Crippen LogP contribution in [0.2, 0.25) is 0 Å². The summed E-state index contributed by atoms with van der Waals surface area (Å²) in [6.45, 7) is 0. The Bertz CT molecular complexity index is 2710. The summed E-state index contributed by atoms with van der Waals surface area (Å²) in [6, 6.07) is 8.03. The molecule has 0 unspecified atom stereocenters. The first kappa shape index (κ1) is 40.4. The van der Waals surface area contributed by atoms with Crippen LogP contribution in [0.5, 0.6) is 0 Å². The van der Waals surface area contributed by atoms with Gasteiger partial charge in [-0.3, -0.25) is 0 Å². The molecule has 0 fully saturated rings. The fourth-order valence-corrected chi connectivity index (χ4v) is 5.22. The van der Waals surface area contributed by atoms with E-state index in [0.29, 0.717) is 0 Å². The average molecular weight is 753 g/mol. The summed E-state index contributed by atoms with van der Waals surface area (Å²) in [5, 5.41) is 84.7. The number of hydrogen-bond donors (Lipinski definition) is 0. The number of benzene rings is 3. The molecule has 0 saturated carbocycles.